The summed E-state index contributed by atoms with van der Waals surface area (Å²) in [6.07, 6.45) is 1.74. The second kappa shape index (κ2) is 10.7. The lowest BCUT2D eigenvalue weighted by atomic mass is 10.0. The number of aromatic nitrogens is 1. The number of hydrogen-bond donors (Lipinski definition) is 1. The number of carbonyl (C=O) groups excluding carboxylic acids is 3. The molecule has 1 fully saturated rings. The van der Waals surface area contributed by atoms with Gasteiger partial charge in [0.05, 0.1) is 17.2 Å². The summed E-state index contributed by atoms with van der Waals surface area (Å²) in [5, 5.41) is 2.26. The molecule has 2 heterocycles. The molecular formula is C29H31N3O4S. The standard InChI is InChI=1S/C29H31N3O4S/c1-7-36-24-10-8-23(9-11-24)30-26(33)16-31-28(34)25(37-29(31)35)15-22-14-20(5)32(21(22)6)27-18(3)12-17(2)13-19(27)4/h8-15H,7,16H2,1-6H3,(H,30,33)/b25-15+. The van der Waals surface area contributed by atoms with Crippen LogP contribution in [0.2, 0.25) is 0 Å². The van der Waals surface area contributed by atoms with E-state index >= 15 is 0 Å². The Labute approximate surface area is 221 Å². The first-order valence-corrected chi connectivity index (χ1v) is 13.0. The highest BCUT2D eigenvalue weighted by molar-refractivity contribution is 8.18. The van der Waals surface area contributed by atoms with Gasteiger partial charge in [-0.1, -0.05) is 17.7 Å². The molecule has 1 saturated heterocycles. The quantitative estimate of drug-likeness (QED) is 0.384. The summed E-state index contributed by atoms with van der Waals surface area (Å²) in [6.45, 7) is 12.4. The molecule has 0 radical (unpaired) electrons. The van der Waals surface area contributed by atoms with Crippen molar-refractivity contribution < 1.29 is 19.1 Å². The number of benzene rings is 2. The Hall–Kier alpha value is -3.78. The minimum Gasteiger partial charge on any atom is -0.494 e. The van der Waals surface area contributed by atoms with E-state index in [4.69, 9.17) is 4.74 Å². The van der Waals surface area contributed by atoms with E-state index < -0.39 is 17.1 Å². The monoisotopic (exact) mass is 517 g/mol. The molecule has 7 nitrogen and oxygen atoms in total. The number of thioether (sulfide) groups is 1. The molecule has 1 aliphatic heterocycles. The molecule has 3 amide bonds. The van der Waals surface area contributed by atoms with E-state index in [2.05, 4.69) is 42.8 Å². The fourth-order valence-corrected chi connectivity index (χ4v) is 5.55. The third-order valence-electron chi connectivity index (χ3n) is 6.24. The molecule has 1 aliphatic rings. The van der Waals surface area contributed by atoms with Gasteiger partial charge in [-0.2, -0.15) is 0 Å². The predicted molar refractivity (Wildman–Crippen MR) is 148 cm³/mol. The molecule has 4 rings (SSSR count). The van der Waals surface area contributed by atoms with Crippen molar-refractivity contribution in [2.75, 3.05) is 18.5 Å². The first kappa shape index (κ1) is 26.3. The van der Waals surface area contributed by atoms with Crippen LogP contribution in [0.4, 0.5) is 10.5 Å². The molecule has 0 bridgehead atoms. The van der Waals surface area contributed by atoms with E-state index in [0.717, 1.165) is 39.3 Å². The third-order valence-corrected chi connectivity index (χ3v) is 7.15. The number of nitrogens with zero attached hydrogens (tertiary/aromatic N) is 2. The Morgan fingerprint density at radius 1 is 1.00 bits per heavy atom. The highest BCUT2D eigenvalue weighted by Crippen LogP contribution is 2.34. The van der Waals surface area contributed by atoms with Crippen molar-refractivity contribution in [2.24, 2.45) is 0 Å². The van der Waals surface area contributed by atoms with Crippen LogP contribution in [0.3, 0.4) is 0 Å². The summed E-state index contributed by atoms with van der Waals surface area (Å²) in [6, 6.07) is 13.2. The number of nitrogens with one attached hydrogen (secondary N) is 1. The van der Waals surface area contributed by atoms with Gasteiger partial charge in [0.2, 0.25) is 5.91 Å². The first-order valence-electron chi connectivity index (χ1n) is 12.1. The number of imide groups is 1. The maximum absolute atomic E-state index is 13.1. The van der Waals surface area contributed by atoms with Crippen LogP contribution in [0.5, 0.6) is 5.75 Å². The fraction of sp³-hybridized carbons (Fsp3) is 0.276. The summed E-state index contributed by atoms with van der Waals surface area (Å²) in [4.78, 5) is 39.5. The van der Waals surface area contributed by atoms with Crippen molar-refractivity contribution in [3.05, 3.63) is 81.0 Å². The second-order valence-electron chi connectivity index (χ2n) is 9.18. The molecule has 0 saturated carbocycles. The molecule has 0 unspecified atom stereocenters. The van der Waals surface area contributed by atoms with E-state index in [1.54, 1.807) is 30.3 Å². The number of carbonyl (C=O) groups is 3. The van der Waals surface area contributed by atoms with E-state index in [1.165, 1.54) is 16.7 Å². The molecule has 0 atom stereocenters. The van der Waals surface area contributed by atoms with Crippen molar-refractivity contribution in [1.82, 2.24) is 9.47 Å². The zero-order valence-electron chi connectivity index (χ0n) is 22.0. The molecule has 1 aromatic heterocycles. The van der Waals surface area contributed by atoms with Crippen molar-refractivity contribution in [1.29, 1.82) is 0 Å². The Morgan fingerprint density at radius 2 is 1.65 bits per heavy atom. The largest absolute Gasteiger partial charge is 0.494 e. The average Bonchev–Trinajstić information content (AvgIpc) is 3.24. The van der Waals surface area contributed by atoms with Gasteiger partial charge in [0.25, 0.3) is 11.1 Å². The van der Waals surface area contributed by atoms with Gasteiger partial charge in [-0.3, -0.25) is 19.3 Å². The maximum atomic E-state index is 13.1. The van der Waals surface area contributed by atoms with Gasteiger partial charge in [-0.05, 0) is 106 Å². The van der Waals surface area contributed by atoms with Crippen LogP contribution in [0, 0.1) is 34.6 Å². The van der Waals surface area contributed by atoms with Gasteiger partial charge in [0.15, 0.2) is 0 Å². The normalized spacial score (nSPS) is 14.5. The summed E-state index contributed by atoms with van der Waals surface area (Å²) in [5.74, 6) is -0.218. The number of rotatable bonds is 7. The number of amides is 3. The van der Waals surface area contributed by atoms with Crippen molar-refractivity contribution in [2.45, 2.75) is 41.5 Å². The number of anilines is 1. The molecule has 8 heteroatoms. The number of ether oxygens (including phenoxy) is 1. The van der Waals surface area contributed by atoms with Crippen molar-refractivity contribution in [3.8, 4) is 11.4 Å². The molecular weight excluding hydrogens is 486 g/mol. The smallest absolute Gasteiger partial charge is 0.294 e. The van der Waals surface area contributed by atoms with Gasteiger partial charge < -0.3 is 14.6 Å². The zero-order valence-corrected chi connectivity index (χ0v) is 22.8. The third kappa shape index (κ3) is 5.49. The molecule has 192 valence electrons. The highest BCUT2D eigenvalue weighted by atomic mass is 32.2. The highest BCUT2D eigenvalue weighted by Gasteiger charge is 2.36. The molecule has 0 spiro atoms. The van der Waals surface area contributed by atoms with Gasteiger partial charge in [0, 0.05) is 17.1 Å². The number of hydrogen-bond acceptors (Lipinski definition) is 5. The number of aryl methyl sites for hydroxylation is 4. The molecule has 2 aromatic carbocycles. The van der Waals surface area contributed by atoms with Crippen LogP contribution < -0.4 is 10.1 Å². The lowest BCUT2D eigenvalue weighted by Gasteiger charge is -2.17. The van der Waals surface area contributed by atoms with E-state index in [-0.39, 0.29) is 6.54 Å². The Balaban J connectivity index is 1.52. The summed E-state index contributed by atoms with van der Waals surface area (Å²) < 4.78 is 7.58. The van der Waals surface area contributed by atoms with Crippen LogP contribution in [0.15, 0.2) is 47.4 Å². The minimum atomic E-state index is -0.468. The Morgan fingerprint density at radius 3 is 2.27 bits per heavy atom. The SMILES string of the molecule is CCOc1ccc(NC(=O)CN2C(=O)S/C(=C/c3cc(C)n(-c4c(C)cc(C)cc4C)c3C)C2=O)cc1. The van der Waals surface area contributed by atoms with Crippen LogP contribution in [0.25, 0.3) is 11.8 Å². The average molecular weight is 518 g/mol. The van der Waals surface area contributed by atoms with E-state index in [9.17, 15) is 14.4 Å². The first-order chi connectivity index (χ1) is 17.6. The topological polar surface area (TPSA) is 80.6 Å². The molecule has 37 heavy (non-hydrogen) atoms. The van der Waals surface area contributed by atoms with Crippen LogP contribution >= 0.6 is 11.8 Å². The Bertz CT molecular complexity index is 1400. The van der Waals surface area contributed by atoms with Gasteiger partial charge in [-0.25, -0.2) is 0 Å². The van der Waals surface area contributed by atoms with Gasteiger partial charge in [-0.15, -0.1) is 0 Å². The van der Waals surface area contributed by atoms with E-state index in [1.807, 2.05) is 26.8 Å². The molecule has 0 aliphatic carbocycles. The summed E-state index contributed by atoms with van der Waals surface area (Å²) in [7, 11) is 0. The fourth-order valence-electron chi connectivity index (χ4n) is 4.73. The zero-order chi connectivity index (χ0) is 26.9. The van der Waals surface area contributed by atoms with Gasteiger partial charge in [0.1, 0.15) is 12.3 Å². The lowest BCUT2D eigenvalue weighted by molar-refractivity contribution is -0.127. The van der Waals surface area contributed by atoms with Gasteiger partial charge >= 0.3 is 0 Å². The maximum Gasteiger partial charge on any atom is 0.294 e. The summed E-state index contributed by atoms with van der Waals surface area (Å²) >= 11 is 0.853. The van der Waals surface area contributed by atoms with Crippen molar-refractivity contribution in [3.63, 3.8) is 0 Å². The minimum absolute atomic E-state index is 0.302. The second-order valence-corrected chi connectivity index (χ2v) is 10.2. The van der Waals surface area contributed by atoms with Crippen LogP contribution in [-0.4, -0.2) is 39.7 Å². The Kier molecular flexibility index (Phi) is 7.59. The van der Waals surface area contributed by atoms with Crippen molar-refractivity contribution >= 4 is 40.6 Å². The summed E-state index contributed by atoms with van der Waals surface area (Å²) in [5.41, 5.74) is 8.11. The lowest BCUT2D eigenvalue weighted by Crippen LogP contribution is -2.36. The van der Waals surface area contributed by atoms with Crippen LogP contribution in [0.1, 0.15) is 40.6 Å². The molecule has 1 N–H and O–H groups in total. The van der Waals surface area contributed by atoms with Crippen LogP contribution in [-0.2, 0) is 9.59 Å². The molecule has 3 aromatic rings. The van der Waals surface area contributed by atoms with E-state index in [0.29, 0.717) is 22.9 Å². The predicted octanol–water partition coefficient (Wildman–Crippen LogP) is 6.09.